The lowest BCUT2D eigenvalue weighted by atomic mass is 9.80. The van der Waals surface area contributed by atoms with Gasteiger partial charge in [-0.3, -0.25) is 9.78 Å². The molecule has 1 aliphatic carbocycles. The van der Waals surface area contributed by atoms with Gasteiger partial charge in [0, 0.05) is 24.9 Å². The molecule has 0 spiro atoms. The fraction of sp³-hybridized carbons (Fsp3) is 0.292. The summed E-state index contributed by atoms with van der Waals surface area (Å²) in [6.45, 7) is 0. The van der Waals surface area contributed by atoms with Gasteiger partial charge in [-0.25, -0.2) is 18.2 Å². The highest BCUT2D eigenvalue weighted by Gasteiger charge is 2.25. The molecule has 2 aromatic heterocycles. The number of carbonyl (C=O) groups excluding carboxylic acids is 1. The Balaban J connectivity index is 1.65. The Morgan fingerprint density at radius 3 is 2.66 bits per heavy atom. The molecule has 0 aliphatic heterocycles. The van der Waals surface area contributed by atoms with Crippen LogP contribution in [-0.2, 0) is 6.42 Å². The molecule has 166 valence electrons. The van der Waals surface area contributed by atoms with E-state index in [-0.39, 0.29) is 24.1 Å². The van der Waals surface area contributed by atoms with E-state index in [1.165, 1.54) is 6.07 Å². The minimum absolute atomic E-state index is 0.0437. The maximum Gasteiger partial charge on any atom is 0.185 e. The van der Waals surface area contributed by atoms with Crippen molar-refractivity contribution in [2.75, 3.05) is 0 Å². The van der Waals surface area contributed by atoms with Crippen molar-refractivity contribution < 1.29 is 23.1 Å². The second kappa shape index (κ2) is 9.08. The van der Waals surface area contributed by atoms with Crippen molar-refractivity contribution >= 4 is 5.78 Å². The lowest BCUT2D eigenvalue weighted by molar-refractivity contribution is 0.0987. The molecule has 0 radical (unpaired) electrons. The zero-order valence-corrected chi connectivity index (χ0v) is 17.2. The van der Waals surface area contributed by atoms with Crippen molar-refractivity contribution in [2.45, 2.75) is 44.1 Å². The summed E-state index contributed by atoms with van der Waals surface area (Å²) in [4.78, 5) is 21.0. The van der Waals surface area contributed by atoms with E-state index < -0.39 is 40.2 Å². The molecule has 1 saturated carbocycles. The first-order chi connectivity index (χ1) is 15.3. The van der Waals surface area contributed by atoms with Gasteiger partial charge in [0.25, 0.3) is 0 Å². The fourth-order valence-corrected chi connectivity index (χ4v) is 4.29. The summed E-state index contributed by atoms with van der Waals surface area (Å²) in [5.41, 5.74) is 6.20. The van der Waals surface area contributed by atoms with Gasteiger partial charge in [0.2, 0.25) is 0 Å². The van der Waals surface area contributed by atoms with Crippen molar-refractivity contribution in [3.05, 3.63) is 77.0 Å². The molecule has 8 heteroatoms. The molecule has 5 nitrogen and oxygen atoms in total. The number of hydrogen-bond acceptors (Lipinski definition) is 5. The van der Waals surface area contributed by atoms with Crippen LogP contribution in [0.4, 0.5) is 13.2 Å². The van der Waals surface area contributed by atoms with Crippen LogP contribution in [-0.4, -0.2) is 26.9 Å². The van der Waals surface area contributed by atoms with E-state index in [4.69, 9.17) is 5.73 Å². The predicted octanol–water partition coefficient (Wildman–Crippen LogP) is 4.68. The highest BCUT2D eigenvalue weighted by Crippen LogP contribution is 2.35. The zero-order chi connectivity index (χ0) is 22.8. The predicted molar refractivity (Wildman–Crippen MR) is 113 cm³/mol. The summed E-state index contributed by atoms with van der Waals surface area (Å²) in [7, 11) is 0. The van der Waals surface area contributed by atoms with E-state index in [2.05, 4.69) is 9.97 Å². The Kier molecular flexibility index (Phi) is 6.23. The quantitative estimate of drug-likeness (QED) is 0.562. The highest BCUT2D eigenvalue weighted by atomic mass is 19.1. The highest BCUT2D eigenvalue weighted by molar-refractivity contribution is 5.96. The van der Waals surface area contributed by atoms with Crippen molar-refractivity contribution in [2.24, 2.45) is 5.73 Å². The van der Waals surface area contributed by atoms with Crippen molar-refractivity contribution in [3.8, 4) is 17.0 Å². The van der Waals surface area contributed by atoms with Crippen LogP contribution in [0.25, 0.3) is 11.3 Å². The van der Waals surface area contributed by atoms with Gasteiger partial charge >= 0.3 is 0 Å². The molecule has 0 amide bonds. The third kappa shape index (κ3) is 4.36. The van der Waals surface area contributed by atoms with E-state index in [1.54, 1.807) is 12.4 Å². The minimum Gasteiger partial charge on any atom is -0.505 e. The maximum atomic E-state index is 14.4. The average Bonchev–Trinajstić information content (AvgIpc) is 2.78. The number of Topliss-reactive ketones (excluding diaryl/α,β-unsaturated/α-hetero) is 1. The molecular formula is C24H22F3N3O2. The Morgan fingerprint density at radius 2 is 1.88 bits per heavy atom. The molecule has 1 aliphatic rings. The van der Waals surface area contributed by atoms with Gasteiger partial charge in [-0.15, -0.1) is 0 Å². The Bertz CT molecular complexity index is 1170. The first kappa shape index (κ1) is 22.0. The molecule has 2 heterocycles. The van der Waals surface area contributed by atoms with E-state index in [1.807, 2.05) is 6.07 Å². The Morgan fingerprint density at radius 1 is 1.09 bits per heavy atom. The van der Waals surface area contributed by atoms with Crippen LogP contribution in [0.2, 0.25) is 0 Å². The monoisotopic (exact) mass is 441 g/mol. The molecule has 4 rings (SSSR count). The summed E-state index contributed by atoms with van der Waals surface area (Å²) in [5, 5.41) is 9.55. The van der Waals surface area contributed by atoms with Gasteiger partial charge < -0.3 is 10.8 Å². The van der Waals surface area contributed by atoms with Crippen LogP contribution in [0.3, 0.4) is 0 Å². The normalized spacial score (nSPS) is 18.5. The summed E-state index contributed by atoms with van der Waals surface area (Å²) < 4.78 is 42.9. The topological polar surface area (TPSA) is 89.1 Å². The number of rotatable bonds is 5. The minimum atomic E-state index is -1.34. The first-order valence-corrected chi connectivity index (χ1v) is 10.4. The van der Waals surface area contributed by atoms with E-state index in [9.17, 15) is 23.1 Å². The van der Waals surface area contributed by atoms with Crippen LogP contribution in [0.1, 0.15) is 53.2 Å². The van der Waals surface area contributed by atoms with Crippen molar-refractivity contribution in [1.29, 1.82) is 0 Å². The van der Waals surface area contributed by atoms with E-state index in [0.717, 1.165) is 55.0 Å². The van der Waals surface area contributed by atoms with Crippen molar-refractivity contribution in [3.63, 3.8) is 0 Å². The van der Waals surface area contributed by atoms with Crippen LogP contribution in [0.5, 0.6) is 5.75 Å². The summed E-state index contributed by atoms with van der Waals surface area (Å²) in [6, 6.07) is 5.72. The van der Waals surface area contributed by atoms with E-state index in [0.29, 0.717) is 0 Å². The van der Waals surface area contributed by atoms with Crippen LogP contribution in [0.15, 0.2) is 42.7 Å². The van der Waals surface area contributed by atoms with Crippen molar-refractivity contribution in [1.82, 2.24) is 9.97 Å². The van der Waals surface area contributed by atoms with Crippen LogP contribution in [0, 0.1) is 17.5 Å². The number of nitrogens with zero attached hydrogens (tertiary/aromatic N) is 2. The molecule has 3 N–H and O–H groups in total. The summed E-state index contributed by atoms with van der Waals surface area (Å²) >= 11 is 0. The largest absolute Gasteiger partial charge is 0.505 e. The number of benzene rings is 1. The third-order valence-corrected chi connectivity index (χ3v) is 5.89. The average molecular weight is 441 g/mol. The first-order valence-electron chi connectivity index (χ1n) is 10.4. The van der Waals surface area contributed by atoms with Gasteiger partial charge in [-0.1, -0.05) is 6.42 Å². The van der Waals surface area contributed by atoms with E-state index >= 15 is 0 Å². The van der Waals surface area contributed by atoms with Gasteiger partial charge in [0.1, 0.15) is 23.0 Å². The Hall–Kier alpha value is -3.26. The summed E-state index contributed by atoms with van der Waals surface area (Å²) in [6.07, 6.45) is 7.01. The van der Waals surface area contributed by atoms with Gasteiger partial charge in [-0.05, 0) is 66.6 Å². The number of nitrogens with two attached hydrogens (primary N) is 1. The fourth-order valence-electron chi connectivity index (χ4n) is 4.29. The number of pyridine rings is 2. The molecule has 0 unspecified atom stereocenters. The summed E-state index contributed by atoms with van der Waals surface area (Å²) in [5.74, 6) is -4.52. The number of aromatic nitrogens is 2. The van der Waals surface area contributed by atoms with Crippen LogP contribution < -0.4 is 5.73 Å². The molecule has 32 heavy (non-hydrogen) atoms. The number of halogens is 3. The maximum absolute atomic E-state index is 14.4. The molecule has 0 bridgehead atoms. The number of carbonyl (C=O) groups is 1. The zero-order valence-electron chi connectivity index (χ0n) is 17.2. The molecule has 0 saturated heterocycles. The SMILES string of the molecule is N[C@H]1CCC[C@@H](c2ccncc2CC(=O)c2ccc(F)c(-c3c(F)ccc(O)c3F)n2)C1. The second-order valence-corrected chi connectivity index (χ2v) is 8.08. The standard InChI is InChI=1S/C24H22F3N3O2/c25-17-5-7-20(31)23(27)22(17)24-18(26)4-6-19(30-24)21(32)11-14-12-29-9-8-16(14)13-2-1-3-15(28)10-13/h4-9,12-13,15,31H,1-3,10-11,28H2/t13-,15+/m1/s1. The smallest absolute Gasteiger partial charge is 0.185 e. The van der Waals surface area contributed by atoms with Crippen LogP contribution >= 0.6 is 0 Å². The second-order valence-electron chi connectivity index (χ2n) is 8.08. The molecule has 3 aromatic rings. The molecular weight excluding hydrogens is 419 g/mol. The van der Waals surface area contributed by atoms with Gasteiger partial charge in [-0.2, -0.15) is 0 Å². The van der Waals surface area contributed by atoms with Gasteiger partial charge in [0.05, 0.1) is 5.56 Å². The lowest BCUT2D eigenvalue weighted by Gasteiger charge is -2.28. The molecule has 1 fully saturated rings. The number of ketones is 1. The molecule has 2 atom stereocenters. The number of aromatic hydroxyl groups is 1. The number of phenols is 1. The number of hydrogen-bond donors (Lipinski definition) is 2. The van der Waals surface area contributed by atoms with Gasteiger partial charge in [0.15, 0.2) is 17.3 Å². The molecule has 1 aromatic carbocycles. The lowest BCUT2D eigenvalue weighted by Crippen LogP contribution is -2.27. The Labute approximate surface area is 183 Å². The third-order valence-electron chi connectivity index (χ3n) is 5.89. The number of phenolic OH excluding ortho intramolecular Hbond substituents is 1.